The fourth-order valence-corrected chi connectivity index (χ4v) is 8.84. The summed E-state index contributed by atoms with van der Waals surface area (Å²) in [6.07, 6.45) is 3.81. The topological polar surface area (TPSA) is 409 Å². The van der Waals surface area contributed by atoms with E-state index in [4.69, 9.17) is 17.2 Å². The summed E-state index contributed by atoms with van der Waals surface area (Å²) in [5, 5.41) is 45.2. The van der Waals surface area contributed by atoms with Crippen LogP contribution in [0.4, 0.5) is 0 Å². The number of carbonyl (C=O) groups is 9. The predicted octanol–water partition coefficient (Wildman–Crippen LogP) is -1.66. The molecule has 5 rings (SSSR count). The van der Waals surface area contributed by atoms with Crippen LogP contribution in [0.1, 0.15) is 88.5 Å². The normalized spacial score (nSPS) is 17.0. The summed E-state index contributed by atoms with van der Waals surface area (Å²) in [7, 11) is 0. The Morgan fingerprint density at radius 2 is 1.47 bits per heavy atom. The number of nitrogens with two attached hydrogens (primary N) is 3. The molecule has 2 heterocycles. The number of aromatic amines is 1. The van der Waals surface area contributed by atoms with Gasteiger partial charge in [-0.15, -0.1) is 0 Å². The highest BCUT2D eigenvalue weighted by molar-refractivity contribution is 6.00. The summed E-state index contributed by atoms with van der Waals surface area (Å²) in [5.74, 6) is -8.37. The average Bonchev–Trinajstić information content (AvgIpc) is 4.16. The minimum atomic E-state index is -1.79. The molecule has 0 radical (unpaired) electrons. The minimum absolute atomic E-state index is 0.00147. The number of hydrogen-bond donors (Lipinski definition) is 13. The van der Waals surface area contributed by atoms with Crippen molar-refractivity contribution in [1.82, 2.24) is 46.8 Å². The van der Waals surface area contributed by atoms with E-state index in [-0.39, 0.29) is 76.2 Å². The van der Waals surface area contributed by atoms with E-state index >= 15 is 0 Å². The molecule has 25 nitrogen and oxygen atoms in total. The summed E-state index contributed by atoms with van der Waals surface area (Å²) >= 11 is 0. The van der Waals surface area contributed by atoms with Crippen LogP contribution in [-0.2, 0) is 62.4 Å². The fourth-order valence-electron chi connectivity index (χ4n) is 8.84. The maximum absolute atomic E-state index is 14.6. The van der Waals surface area contributed by atoms with Crippen LogP contribution in [0.2, 0.25) is 0 Å². The number of amides is 7. The van der Waals surface area contributed by atoms with Crippen molar-refractivity contribution in [3.05, 3.63) is 83.9 Å². The van der Waals surface area contributed by atoms with Gasteiger partial charge < -0.3 is 74.3 Å². The number of rotatable bonds is 26. The van der Waals surface area contributed by atoms with E-state index in [0.29, 0.717) is 36.1 Å². The first kappa shape index (κ1) is 56.8. The first-order chi connectivity index (χ1) is 35.1. The summed E-state index contributed by atoms with van der Waals surface area (Å²) in [5.41, 5.74) is 14.9. The zero-order valence-electron chi connectivity index (χ0n) is 41.3. The molecule has 0 unspecified atom stereocenters. The molecular weight excluding hydrogens is 963 g/mol. The fraction of sp³-hybridized carbons (Fsp3) is 0.490. The SMILES string of the molecule is CC(C)(NC(=O)[C@H](Cc1ccc(O)cc1)NC(=O)C1(NC(=O)[C@H](CCCN=C(N)N)NC(=O)[C@@H](N)CC(=O)O)CCCC1)C(=O)N[C@@H](Cc1cnc[nH]1)C(=O)N1CCC[C@H]1C(=O)N[C@@H](Cc1ccccc1)C(=O)O. The molecular formula is C49H67N13O12. The number of H-pyrrole nitrogens is 1. The van der Waals surface area contributed by atoms with Crippen LogP contribution in [0.15, 0.2) is 72.1 Å². The molecule has 2 aliphatic rings. The Bertz CT molecular complexity index is 2500. The van der Waals surface area contributed by atoms with Crippen LogP contribution in [-0.4, -0.2) is 150 Å². The minimum Gasteiger partial charge on any atom is -0.508 e. The first-order valence-electron chi connectivity index (χ1n) is 24.3. The van der Waals surface area contributed by atoms with Gasteiger partial charge in [-0.3, -0.25) is 43.3 Å². The lowest BCUT2D eigenvalue weighted by Gasteiger charge is -2.34. The number of hydrogen-bond acceptors (Lipinski definition) is 13. The third-order valence-corrected chi connectivity index (χ3v) is 12.9. The number of aromatic hydroxyl groups is 1. The number of likely N-dealkylation sites (tertiary alicyclic amines) is 1. The Hall–Kier alpha value is -8.09. The number of benzene rings is 2. The van der Waals surface area contributed by atoms with E-state index in [1.54, 1.807) is 30.3 Å². The van der Waals surface area contributed by atoms with E-state index in [1.165, 1.54) is 55.5 Å². The number of phenolic OH excluding ortho intramolecular Hbond substituents is 1. The standard InChI is InChI=1S/C49H67N13O12/c1-48(2,45(73)59-35(24-30-26-53-27-55-30)43(70)62-21-9-13-37(62)42(69)57-36(44(71)72)23-28-10-4-3-5-11-28)60-41(68)34(22-29-14-16-31(63)17-15-29)58-46(74)49(18-6-7-19-49)61-40(67)33(12-8-20-54-47(51)52)56-39(66)32(50)25-38(64)65/h3-5,10-11,14-17,26-27,32-37,63H,6-9,12-13,18-25,50H2,1-2H3,(H,53,55)(H,56,66)(H,57,69)(H,58,74)(H,59,73)(H,60,68)(H,61,67)(H,64,65)(H,71,72)(H4,51,52,54)/t32-,33-,34-,35-,36-,37-/m0/s1. The van der Waals surface area contributed by atoms with Crippen LogP contribution in [0.5, 0.6) is 5.75 Å². The molecule has 74 heavy (non-hydrogen) atoms. The quantitative estimate of drug-likeness (QED) is 0.0243. The van der Waals surface area contributed by atoms with Crippen LogP contribution in [0, 0.1) is 0 Å². The molecule has 0 spiro atoms. The molecule has 1 aliphatic heterocycles. The van der Waals surface area contributed by atoms with Crippen molar-refractivity contribution >= 4 is 59.2 Å². The number of nitrogens with one attached hydrogen (secondary N) is 7. The van der Waals surface area contributed by atoms with Gasteiger partial charge in [0.25, 0.3) is 0 Å². The molecule has 7 amide bonds. The maximum Gasteiger partial charge on any atom is 0.326 e. The Kier molecular flexibility index (Phi) is 20.0. The van der Waals surface area contributed by atoms with Crippen molar-refractivity contribution in [2.24, 2.45) is 22.2 Å². The Balaban J connectivity index is 1.34. The monoisotopic (exact) mass is 1030 g/mol. The lowest BCUT2D eigenvalue weighted by Crippen LogP contribution is -2.66. The zero-order valence-corrected chi connectivity index (χ0v) is 41.3. The van der Waals surface area contributed by atoms with Crippen molar-refractivity contribution in [3.63, 3.8) is 0 Å². The predicted molar refractivity (Wildman–Crippen MR) is 266 cm³/mol. The van der Waals surface area contributed by atoms with Crippen molar-refractivity contribution < 1.29 is 58.5 Å². The number of aliphatic carboxylic acids is 2. The van der Waals surface area contributed by atoms with Gasteiger partial charge in [0.05, 0.1) is 18.8 Å². The summed E-state index contributed by atoms with van der Waals surface area (Å²) in [6, 6.07) is 6.65. The number of phenols is 1. The summed E-state index contributed by atoms with van der Waals surface area (Å²) in [4.78, 5) is 134. The first-order valence-corrected chi connectivity index (χ1v) is 24.3. The molecule has 1 saturated carbocycles. The number of nitrogens with zero attached hydrogens (tertiary/aromatic N) is 3. The largest absolute Gasteiger partial charge is 0.508 e. The molecule has 1 aromatic heterocycles. The molecule has 25 heteroatoms. The van der Waals surface area contributed by atoms with Crippen molar-refractivity contribution in [3.8, 4) is 5.75 Å². The highest BCUT2D eigenvalue weighted by atomic mass is 16.4. The number of guanidine groups is 1. The highest BCUT2D eigenvalue weighted by Gasteiger charge is 2.46. The number of carboxylic acid groups (broad SMARTS) is 2. The summed E-state index contributed by atoms with van der Waals surface area (Å²) in [6.45, 7) is 2.96. The van der Waals surface area contributed by atoms with Gasteiger partial charge in [-0.1, -0.05) is 55.3 Å². The van der Waals surface area contributed by atoms with Crippen molar-refractivity contribution in [2.75, 3.05) is 13.1 Å². The van der Waals surface area contributed by atoms with Gasteiger partial charge in [-0.25, -0.2) is 9.78 Å². The Morgan fingerprint density at radius 1 is 0.811 bits per heavy atom. The van der Waals surface area contributed by atoms with Gasteiger partial charge in [0.15, 0.2) is 5.96 Å². The van der Waals surface area contributed by atoms with Gasteiger partial charge in [-0.05, 0) is 75.6 Å². The van der Waals surface area contributed by atoms with E-state index in [2.05, 4.69) is 46.9 Å². The van der Waals surface area contributed by atoms with Crippen LogP contribution in [0.3, 0.4) is 0 Å². The molecule has 400 valence electrons. The molecule has 2 aromatic carbocycles. The van der Waals surface area contributed by atoms with Gasteiger partial charge in [0.1, 0.15) is 47.0 Å². The van der Waals surface area contributed by atoms with E-state index in [0.717, 1.165) is 0 Å². The van der Waals surface area contributed by atoms with Gasteiger partial charge in [-0.2, -0.15) is 0 Å². The molecule has 2 fully saturated rings. The third-order valence-electron chi connectivity index (χ3n) is 12.9. The number of aliphatic imine (C=N–C) groups is 1. The second-order valence-corrected chi connectivity index (χ2v) is 19.1. The molecule has 16 N–H and O–H groups in total. The lowest BCUT2D eigenvalue weighted by atomic mass is 9.93. The smallest absolute Gasteiger partial charge is 0.326 e. The van der Waals surface area contributed by atoms with Crippen molar-refractivity contribution in [2.45, 2.75) is 138 Å². The number of imidazole rings is 1. The summed E-state index contributed by atoms with van der Waals surface area (Å²) < 4.78 is 0. The lowest BCUT2D eigenvalue weighted by molar-refractivity contribution is -0.145. The second kappa shape index (κ2) is 26.0. The van der Waals surface area contributed by atoms with E-state index in [9.17, 15) is 58.5 Å². The zero-order chi connectivity index (χ0) is 54.2. The van der Waals surface area contributed by atoms with Crippen LogP contribution in [0.25, 0.3) is 0 Å². The van der Waals surface area contributed by atoms with E-state index < -0.39 is 107 Å². The van der Waals surface area contributed by atoms with Gasteiger partial charge in [0, 0.05) is 44.2 Å². The maximum atomic E-state index is 14.6. The Labute approximate surface area is 426 Å². The van der Waals surface area contributed by atoms with E-state index in [1.807, 2.05) is 0 Å². The molecule has 6 atom stereocenters. The highest BCUT2D eigenvalue weighted by Crippen LogP contribution is 2.31. The number of aromatic nitrogens is 2. The van der Waals surface area contributed by atoms with Gasteiger partial charge in [0.2, 0.25) is 41.4 Å². The molecule has 0 bridgehead atoms. The number of carboxylic acids is 2. The molecule has 1 aliphatic carbocycles. The molecule has 3 aromatic rings. The van der Waals surface area contributed by atoms with Crippen molar-refractivity contribution in [1.29, 1.82) is 0 Å². The average molecular weight is 1030 g/mol. The second-order valence-electron chi connectivity index (χ2n) is 19.1. The van der Waals surface area contributed by atoms with Gasteiger partial charge >= 0.3 is 11.9 Å². The number of carbonyl (C=O) groups excluding carboxylic acids is 7. The van der Waals surface area contributed by atoms with Crippen LogP contribution < -0.4 is 49.1 Å². The third kappa shape index (κ3) is 16.2. The Morgan fingerprint density at radius 3 is 2.09 bits per heavy atom. The van der Waals surface area contributed by atoms with Crippen LogP contribution >= 0.6 is 0 Å². The molecule has 1 saturated heterocycles.